The molecule has 1 unspecified atom stereocenters. The van der Waals surface area contributed by atoms with E-state index in [1.807, 2.05) is 13.0 Å². The van der Waals surface area contributed by atoms with E-state index in [1.54, 1.807) is 7.11 Å². The van der Waals surface area contributed by atoms with Gasteiger partial charge >= 0.3 is 0 Å². The molecular weight excluding hydrogens is 209 g/mol. The highest BCUT2D eigenvalue weighted by molar-refractivity contribution is 6.33. The van der Waals surface area contributed by atoms with Gasteiger partial charge in [-0.15, -0.1) is 0 Å². The second-order valence-corrected chi connectivity index (χ2v) is 4.65. The minimum absolute atomic E-state index is 0.116. The normalized spacial score (nSPS) is 12.5. The van der Waals surface area contributed by atoms with Crippen LogP contribution in [-0.4, -0.2) is 21.0 Å². The van der Waals surface area contributed by atoms with E-state index in [9.17, 15) is 0 Å². The maximum Gasteiger partial charge on any atom is 0.122 e. The van der Waals surface area contributed by atoms with Gasteiger partial charge in [0, 0.05) is 6.04 Å². The van der Waals surface area contributed by atoms with Crippen molar-refractivity contribution in [3.63, 3.8) is 0 Å². The van der Waals surface area contributed by atoms with Crippen LogP contribution in [-0.2, 0) is 12.8 Å². The molecule has 2 nitrogen and oxygen atoms in total. The molecule has 0 aromatic heterocycles. The molecule has 0 amide bonds. The summed E-state index contributed by atoms with van der Waals surface area (Å²) in [4.78, 5) is 0. The predicted octanol–water partition coefficient (Wildman–Crippen LogP) is 1.72. The van der Waals surface area contributed by atoms with E-state index >= 15 is 0 Å². The number of ether oxygens (including phenoxy) is 1. The number of benzene rings is 1. The first-order valence-corrected chi connectivity index (χ1v) is 6.29. The van der Waals surface area contributed by atoms with E-state index in [0.717, 1.165) is 36.0 Å². The number of unbranched alkanes of at least 4 members (excludes halogenated alkanes) is 1. The van der Waals surface area contributed by atoms with Gasteiger partial charge in [0.2, 0.25) is 0 Å². The fraction of sp³-hybridized carbons (Fsp3) is 0.571. The van der Waals surface area contributed by atoms with Crippen molar-refractivity contribution in [1.29, 1.82) is 0 Å². The highest BCUT2D eigenvalue weighted by Crippen LogP contribution is 2.21. The van der Waals surface area contributed by atoms with Gasteiger partial charge in [-0.05, 0) is 37.8 Å². The average molecular weight is 231 g/mol. The quantitative estimate of drug-likeness (QED) is 0.756. The van der Waals surface area contributed by atoms with Crippen LogP contribution in [0.3, 0.4) is 0 Å². The first-order chi connectivity index (χ1) is 8.08. The lowest BCUT2D eigenvalue weighted by Crippen LogP contribution is -2.20. The molecule has 1 rings (SSSR count). The number of aryl methyl sites for hydroxylation is 1. The third-order valence-corrected chi connectivity index (χ3v) is 2.88. The molecule has 0 aliphatic rings. The van der Waals surface area contributed by atoms with E-state index in [4.69, 9.17) is 18.3 Å². The van der Waals surface area contributed by atoms with Crippen molar-refractivity contribution in [1.82, 2.24) is 0 Å². The number of methoxy groups -OCH3 is 1. The molecule has 0 heterocycles. The Bertz CT molecular complexity index is 363. The number of hydrogen-bond acceptors (Lipinski definition) is 2. The Morgan fingerprint density at radius 3 is 2.59 bits per heavy atom. The minimum atomic E-state index is 0.116. The molecule has 0 bridgehead atoms. The van der Waals surface area contributed by atoms with Gasteiger partial charge in [-0.3, -0.25) is 0 Å². The Morgan fingerprint density at radius 2 is 2.06 bits per heavy atom. The number of rotatable bonds is 6. The van der Waals surface area contributed by atoms with Crippen LogP contribution >= 0.6 is 0 Å². The maximum atomic E-state index is 6.07. The standard InChI is InChI=1S/C14H22BNO/c1-4-5-6-11-9-14(17-3)12(7-10(2)16)8-13(11)15/h8-10H,4-7,16H2,1-3H3. The van der Waals surface area contributed by atoms with Crippen LogP contribution < -0.4 is 15.9 Å². The third kappa shape index (κ3) is 4.08. The summed E-state index contributed by atoms with van der Waals surface area (Å²) in [6.07, 6.45) is 4.13. The van der Waals surface area contributed by atoms with Gasteiger partial charge in [0.25, 0.3) is 0 Å². The first-order valence-electron chi connectivity index (χ1n) is 6.29. The van der Waals surface area contributed by atoms with Crippen LogP contribution in [0.4, 0.5) is 0 Å². The fourth-order valence-electron chi connectivity index (χ4n) is 1.97. The highest BCUT2D eigenvalue weighted by Gasteiger charge is 2.09. The van der Waals surface area contributed by atoms with Crippen molar-refractivity contribution < 1.29 is 4.74 Å². The molecule has 3 heteroatoms. The zero-order valence-electron chi connectivity index (χ0n) is 11.1. The second-order valence-electron chi connectivity index (χ2n) is 4.65. The molecule has 2 N–H and O–H groups in total. The number of nitrogens with two attached hydrogens (primary N) is 1. The third-order valence-electron chi connectivity index (χ3n) is 2.88. The minimum Gasteiger partial charge on any atom is -0.496 e. The fourth-order valence-corrected chi connectivity index (χ4v) is 1.97. The van der Waals surface area contributed by atoms with Crippen molar-refractivity contribution >= 4 is 13.3 Å². The number of hydrogen-bond donors (Lipinski definition) is 1. The molecule has 1 aromatic carbocycles. The van der Waals surface area contributed by atoms with Crippen LogP contribution in [0.25, 0.3) is 0 Å². The average Bonchev–Trinajstić information content (AvgIpc) is 2.27. The molecule has 2 radical (unpaired) electrons. The molecule has 1 atom stereocenters. The first kappa shape index (κ1) is 14.1. The molecule has 0 aliphatic heterocycles. The Kier molecular flexibility index (Phi) is 5.56. The van der Waals surface area contributed by atoms with Crippen LogP contribution in [0.15, 0.2) is 12.1 Å². The van der Waals surface area contributed by atoms with Crippen LogP contribution in [0.5, 0.6) is 5.75 Å². The summed E-state index contributed by atoms with van der Waals surface area (Å²) in [6, 6.07) is 4.18. The van der Waals surface area contributed by atoms with E-state index in [0.29, 0.717) is 0 Å². The van der Waals surface area contributed by atoms with Gasteiger partial charge in [-0.2, -0.15) is 0 Å². The summed E-state index contributed by atoms with van der Waals surface area (Å²) < 4.78 is 5.41. The molecule has 17 heavy (non-hydrogen) atoms. The summed E-state index contributed by atoms with van der Waals surface area (Å²) in [5.41, 5.74) is 8.95. The molecule has 0 spiro atoms. The van der Waals surface area contributed by atoms with Gasteiger partial charge in [0.1, 0.15) is 13.6 Å². The van der Waals surface area contributed by atoms with E-state index < -0.39 is 0 Å². The molecular formula is C14H22BNO. The summed E-state index contributed by atoms with van der Waals surface area (Å²) in [5, 5.41) is 0. The Morgan fingerprint density at radius 1 is 1.35 bits per heavy atom. The Labute approximate surface area is 106 Å². The molecule has 0 fully saturated rings. The SMILES string of the molecule is [B]c1cc(CC(C)N)c(OC)cc1CCCC. The predicted molar refractivity (Wildman–Crippen MR) is 74.3 cm³/mol. The summed E-state index contributed by atoms with van der Waals surface area (Å²) >= 11 is 0. The molecule has 92 valence electrons. The monoisotopic (exact) mass is 231 g/mol. The highest BCUT2D eigenvalue weighted by atomic mass is 16.5. The van der Waals surface area contributed by atoms with Gasteiger partial charge in [0.15, 0.2) is 0 Å². The second kappa shape index (κ2) is 6.70. The van der Waals surface area contributed by atoms with Crippen molar-refractivity contribution in [3.8, 4) is 5.75 Å². The van der Waals surface area contributed by atoms with Gasteiger partial charge < -0.3 is 10.5 Å². The van der Waals surface area contributed by atoms with Crippen molar-refractivity contribution in [2.24, 2.45) is 5.73 Å². The lowest BCUT2D eigenvalue weighted by molar-refractivity contribution is 0.408. The van der Waals surface area contributed by atoms with Gasteiger partial charge in [0.05, 0.1) is 7.11 Å². The zero-order chi connectivity index (χ0) is 12.8. The van der Waals surface area contributed by atoms with E-state index in [-0.39, 0.29) is 6.04 Å². The van der Waals surface area contributed by atoms with Crippen molar-refractivity contribution in [3.05, 3.63) is 23.3 Å². The maximum absolute atomic E-state index is 6.07. The summed E-state index contributed by atoms with van der Waals surface area (Å²) in [5.74, 6) is 0.905. The Balaban J connectivity index is 2.97. The van der Waals surface area contributed by atoms with E-state index in [2.05, 4.69) is 13.0 Å². The van der Waals surface area contributed by atoms with Crippen molar-refractivity contribution in [2.75, 3.05) is 7.11 Å². The van der Waals surface area contributed by atoms with Crippen LogP contribution in [0, 0.1) is 0 Å². The lowest BCUT2D eigenvalue weighted by atomic mass is 9.85. The molecule has 0 saturated carbocycles. The summed E-state index contributed by atoms with van der Waals surface area (Å²) in [6.45, 7) is 4.17. The van der Waals surface area contributed by atoms with Gasteiger partial charge in [-0.1, -0.05) is 30.4 Å². The Hall–Kier alpha value is -0.955. The van der Waals surface area contributed by atoms with E-state index in [1.165, 1.54) is 12.0 Å². The van der Waals surface area contributed by atoms with Crippen LogP contribution in [0.1, 0.15) is 37.8 Å². The summed E-state index contributed by atoms with van der Waals surface area (Å²) in [7, 11) is 7.76. The van der Waals surface area contributed by atoms with Crippen LogP contribution in [0.2, 0.25) is 0 Å². The largest absolute Gasteiger partial charge is 0.496 e. The molecule has 1 aromatic rings. The lowest BCUT2D eigenvalue weighted by Gasteiger charge is -2.15. The molecule has 0 aliphatic carbocycles. The molecule has 0 saturated heterocycles. The topological polar surface area (TPSA) is 35.2 Å². The van der Waals surface area contributed by atoms with Gasteiger partial charge in [-0.25, -0.2) is 0 Å². The zero-order valence-corrected chi connectivity index (χ0v) is 11.1. The smallest absolute Gasteiger partial charge is 0.122 e. The van der Waals surface area contributed by atoms with Crippen molar-refractivity contribution in [2.45, 2.75) is 45.6 Å².